The maximum absolute atomic E-state index is 13.1. The van der Waals surface area contributed by atoms with E-state index in [9.17, 15) is 14.4 Å². The fraction of sp³-hybridized carbons (Fsp3) is 0.0800. The van der Waals surface area contributed by atoms with Crippen LogP contribution in [-0.2, 0) is 9.59 Å². The molecule has 0 radical (unpaired) electrons. The molecule has 0 spiro atoms. The summed E-state index contributed by atoms with van der Waals surface area (Å²) in [5, 5.41) is 6.66. The topological polar surface area (TPSA) is 92.2 Å². The lowest BCUT2D eigenvalue weighted by molar-refractivity contribution is -0.133. The summed E-state index contributed by atoms with van der Waals surface area (Å²) in [4.78, 5) is 38.6. The number of nitrogens with one attached hydrogen (secondary N) is 3. The van der Waals surface area contributed by atoms with Crippen molar-refractivity contribution in [3.05, 3.63) is 92.0 Å². The zero-order valence-electron chi connectivity index (χ0n) is 18.6. The Labute approximate surface area is 219 Å². The number of aromatic nitrogens is 1. The number of aryl methyl sites for hydroxylation is 2. The van der Waals surface area contributed by atoms with Crippen LogP contribution >= 0.6 is 39.1 Å². The molecule has 7 nitrogen and oxygen atoms in total. The first-order valence-corrected chi connectivity index (χ1v) is 11.9. The molecule has 0 fully saturated rings. The van der Waals surface area contributed by atoms with Crippen LogP contribution in [0.3, 0.4) is 0 Å². The van der Waals surface area contributed by atoms with Gasteiger partial charge >= 0.3 is 11.8 Å². The fourth-order valence-corrected chi connectivity index (χ4v) is 4.12. The largest absolute Gasteiger partial charge is 0.328 e. The second-order valence-corrected chi connectivity index (χ2v) is 9.59. The molecule has 4 rings (SSSR count). The van der Waals surface area contributed by atoms with Gasteiger partial charge in [-0.1, -0.05) is 51.3 Å². The van der Waals surface area contributed by atoms with E-state index < -0.39 is 17.7 Å². The molecule has 0 saturated heterocycles. The first-order valence-electron chi connectivity index (χ1n) is 10.4. The first-order chi connectivity index (χ1) is 16.6. The van der Waals surface area contributed by atoms with Crippen molar-refractivity contribution in [2.45, 2.75) is 13.8 Å². The quantitative estimate of drug-likeness (QED) is 0.251. The minimum atomic E-state index is -0.935. The summed E-state index contributed by atoms with van der Waals surface area (Å²) in [5.74, 6) is -2.32. The van der Waals surface area contributed by atoms with Crippen molar-refractivity contribution >= 4 is 79.1 Å². The van der Waals surface area contributed by atoms with Gasteiger partial charge in [0.1, 0.15) is 5.69 Å². The molecule has 1 heterocycles. The lowest BCUT2D eigenvalue weighted by atomic mass is 10.1. The van der Waals surface area contributed by atoms with Crippen molar-refractivity contribution in [2.75, 3.05) is 16.1 Å². The molecule has 0 saturated carbocycles. The summed E-state index contributed by atoms with van der Waals surface area (Å²) < 4.78 is 2.07. The van der Waals surface area contributed by atoms with E-state index in [2.05, 4.69) is 32.0 Å². The number of anilines is 2. The third kappa shape index (κ3) is 5.51. The number of hydrogen-bond acceptors (Lipinski definition) is 3. The summed E-state index contributed by atoms with van der Waals surface area (Å²) in [6.07, 6.45) is 0. The van der Waals surface area contributed by atoms with Gasteiger partial charge in [-0.25, -0.2) is 4.68 Å². The van der Waals surface area contributed by atoms with Gasteiger partial charge in [-0.15, -0.1) is 0 Å². The summed E-state index contributed by atoms with van der Waals surface area (Å²) in [6.45, 7) is 3.72. The molecule has 0 aliphatic rings. The van der Waals surface area contributed by atoms with E-state index in [1.54, 1.807) is 42.5 Å². The Hall–Kier alpha value is -3.33. The van der Waals surface area contributed by atoms with Crippen molar-refractivity contribution in [1.29, 1.82) is 0 Å². The number of rotatable bonds is 4. The van der Waals surface area contributed by atoms with Crippen molar-refractivity contribution in [3.8, 4) is 0 Å². The Bertz CT molecular complexity index is 1500. The van der Waals surface area contributed by atoms with Gasteiger partial charge in [0.25, 0.3) is 5.91 Å². The average molecular weight is 574 g/mol. The number of carbonyl (C=O) groups excluding carboxylic acids is 3. The number of halogens is 3. The van der Waals surface area contributed by atoms with Crippen LogP contribution < -0.4 is 16.1 Å². The van der Waals surface area contributed by atoms with E-state index >= 15 is 0 Å². The Morgan fingerprint density at radius 3 is 2.34 bits per heavy atom. The highest BCUT2D eigenvalue weighted by Crippen LogP contribution is 2.27. The van der Waals surface area contributed by atoms with E-state index in [4.69, 9.17) is 23.2 Å². The monoisotopic (exact) mass is 572 g/mol. The lowest BCUT2D eigenvalue weighted by Crippen LogP contribution is -2.36. The normalized spacial score (nSPS) is 10.8. The highest BCUT2D eigenvalue weighted by atomic mass is 79.9. The fourth-order valence-electron chi connectivity index (χ4n) is 3.44. The molecule has 0 unspecified atom stereocenters. The lowest BCUT2D eigenvalue weighted by Gasteiger charge is -2.14. The molecule has 1 aromatic heterocycles. The minimum absolute atomic E-state index is 0.108. The summed E-state index contributed by atoms with van der Waals surface area (Å²) in [7, 11) is 0. The van der Waals surface area contributed by atoms with Crippen LogP contribution in [0.15, 0.2) is 65.1 Å². The smallest absolute Gasteiger partial charge is 0.321 e. The predicted molar refractivity (Wildman–Crippen MR) is 143 cm³/mol. The molecule has 0 aliphatic carbocycles. The molecule has 178 valence electrons. The van der Waals surface area contributed by atoms with Gasteiger partial charge < -0.3 is 10.6 Å². The van der Waals surface area contributed by atoms with E-state index in [0.29, 0.717) is 27.3 Å². The molecule has 0 aliphatic heterocycles. The second kappa shape index (κ2) is 10.1. The van der Waals surface area contributed by atoms with E-state index in [1.807, 2.05) is 26.0 Å². The van der Waals surface area contributed by atoms with E-state index in [1.165, 1.54) is 10.7 Å². The van der Waals surface area contributed by atoms with Crippen molar-refractivity contribution in [2.24, 2.45) is 0 Å². The van der Waals surface area contributed by atoms with Gasteiger partial charge in [0, 0.05) is 21.2 Å². The van der Waals surface area contributed by atoms with Crippen molar-refractivity contribution in [1.82, 2.24) is 4.68 Å². The number of carbonyl (C=O) groups is 3. The van der Waals surface area contributed by atoms with Crippen molar-refractivity contribution in [3.63, 3.8) is 0 Å². The maximum Gasteiger partial charge on any atom is 0.328 e. The Morgan fingerprint density at radius 1 is 0.829 bits per heavy atom. The van der Waals surface area contributed by atoms with Gasteiger partial charge in [0.2, 0.25) is 0 Å². The van der Waals surface area contributed by atoms with Gasteiger partial charge in [0.15, 0.2) is 0 Å². The molecule has 3 aromatic carbocycles. The third-order valence-corrected chi connectivity index (χ3v) is 6.47. The molecule has 0 atom stereocenters. The third-order valence-electron chi connectivity index (χ3n) is 5.23. The average Bonchev–Trinajstić information content (AvgIpc) is 3.16. The van der Waals surface area contributed by atoms with Crippen LogP contribution in [0.25, 0.3) is 10.9 Å². The predicted octanol–water partition coefficient (Wildman–Crippen LogP) is 6.29. The minimum Gasteiger partial charge on any atom is -0.321 e. The number of benzene rings is 3. The van der Waals surface area contributed by atoms with Gasteiger partial charge in [-0.3, -0.25) is 19.8 Å². The van der Waals surface area contributed by atoms with Crippen LogP contribution in [0.5, 0.6) is 0 Å². The van der Waals surface area contributed by atoms with Crippen LogP contribution in [0.4, 0.5) is 11.4 Å². The van der Waals surface area contributed by atoms with Crippen molar-refractivity contribution < 1.29 is 14.4 Å². The number of hydrogen-bond donors (Lipinski definition) is 3. The highest BCUT2D eigenvalue weighted by molar-refractivity contribution is 9.10. The summed E-state index contributed by atoms with van der Waals surface area (Å²) in [5.41, 5.74) is 5.88. The zero-order chi connectivity index (χ0) is 25.3. The van der Waals surface area contributed by atoms with Crippen LogP contribution in [-0.4, -0.2) is 22.4 Å². The number of nitrogens with zero attached hydrogens (tertiary/aromatic N) is 1. The molecule has 3 N–H and O–H groups in total. The summed E-state index contributed by atoms with van der Waals surface area (Å²) in [6, 6.07) is 17.1. The molecular weight excluding hydrogens is 555 g/mol. The number of amides is 3. The first kappa shape index (κ1) is 24.8. The highest BCUT2D eigenvalue weighted by Gasteiger charge is 2.22. The van der Waals surface area contributed by atoms with Gasteiger partial charge in [-0.05, 0) is 73.5 Å². The molecule has 4 aromatic rings. The Morgan fingerprint density at radius 2 is 1.60 bits per heavy atom. The SMILES string of the molecule is Cc1ccc(C)c(NC(=O)C(=O)Nn2c(C(=O)Nc3ccc(Cl)c(Cl)c3)cc3cc(Br)ccc32)c1. The molecular formula is C25H19BrCl2N4O3. The Kier molecular flexibility index (Phi) is 7.16. The standard InChI is InChI=1S/C25H19BrCl2N4O3/c1-13-3-4-14(2)20(9-13)30-24(34)25(35)31-32-21-8-5-16(26)10-15(21)11-22(32)23(33)29-17-6-7-18(27)19(28)12-17/h3-12H,1-2H3,(H,29,33)(H,30,34)(H,31,35). The van der Waals surface area contributed by atoms with E-state index in [-0.39, 0.29) is 10.7 Å². The zero-order valence-corrected chi connectivity index (χ0v) is 21.7. The molecule has 0 bridgehead atoms. The summed E-state index contributed by atoms with van der Waals surface area (Å²) >= 11 is 15.4. The van der Waals surface area contributed by atoms with Crippen LogP contribution in [0.2, 0.25) is 10.0 Å². The molecule has 3 amide bonds. The second-order valence-electron chi connectivity index (χ2n) is 7.86. The van der Waals surface area contributed by atoms with Crippen LogP contribution in [0, 0.1) is 13.8 Å². The molecule has 35 heavy (non-hydrogen) atoms. The van der Waals surface area contributed by atoms with Gasteiger partial charge in [-0.2, -0.15) is 0 Å². The maximum atomic E-state index is 13.1. The van der Waals surface area contributed by atoms with Crippen LogP contribution in [0.1, 0.15) is 21.6 Å². The van der Waals surface area contributed by atoms with Gasteiger partial charge in [0.05, 0.1) is 15.6 Å². The molecule has 10 heteroatoms. The Balaban J connectivity index is 1.64. The van der Waals surface area contributed by atoms with E-state index in [0.717, 1.165) is 15.6 Å². The number of fused-ring (bicyclic) bond motifs is 1.